The zero-order valence-corrected chi connectivity index (χ0v) is 8.80. The minimum atomic E-state index is 0.343. The number of hydrogen-bond acceptors (Lipinski definition) is 2. The van der Waals surface area contributed by atoms with Gasteiger partial charge in [-0.2, -0.15) is 0 Å². The van der Waals surface area contributed by atoms with Crippen LogP contribution in [-0.2, 0) is 6.42 Å². The van der Waals surface area contributed by atoms with Crippen LogP contribution in [0.15, 0.2) is 18.2 Å². The highest BCUT2D eigenvalue weighted by atomic mass is 16.3. The molecule has 0 spiro atoms. The summed E-state index contributed by atoms with van der Waals surface area (Å²) >= 11 is 0. The Kier molecular flexibility index (Phi) is 2.14. The van der Waals surface area contributed by atoms with Crippen molar-refractivity contribution in [3.05, 3.63) is 23.8 Å². The molecule has 0 atom stereocenters. The summed E-state index contributed by atoms with van der Waals surface area (Å²) in [5, 5.41) is 12.7. The summed E-state index contributed by atoms with van der Waals surface area (Å²) in [5.74, 6) is 0.343. The number of fused-ring (bicyclic) bond motifs is 1. The molecule has 0 bridgehead atoms. The maximum atomic E-state index is 9.37. The Morgan fingerprint density at radius 1 is 1.36 bits per heavy atom. The van der Waals surface area contributed by atoms with E-state index in [2.05, 4.69) is 19.2 Å². The van der Waals surface area contributed by atoms with E-state index in [0.717, 1.165) is 18.7 Å². The molecule has 0 amide bonds. The quantitative estimate of drug-likeness (QED) is 0.661. The van der Waals surface area contributed by atoms with Crippen molar-refractivity contribution in [1.29, 1.82) is 0 Å². The van der Waals surface area contributed by atoms with Crippen molar-refractivity contribution in [3.63, 3.8) is 0 Å². The molecule has 1 heterocycles. The van der Waals surface area contributed by atoms with Crippen molar-refractivity contribution in [3.8, 4) is 5.75 Å². The molecule has 2 N–H and O–H groups in total. The summed E-state index contributed by atoms with van der Waals surface area (Å²) < 4.78 is 0. The molecule has 76 valence electrons. The third-order valence-electron chi connectivity index (χ3n) is 2.88. The second-order valence-corrected chi connectivity index (χ2v) is 4.86. The Bertz CT molecular complexity index is 344. The lowest BCUT2D eigenvalue weighted by Gasteiger charge is -2.21. The fourth-order valence-electron chi connectivity index (χ4n) is 2.02. The van der Waals surface area contributed by atoms with E-state index in [1.165, 1.54) is 12.0 Å². The van der Waals surface area contributed by atoms with Crippen LogP contribution in [0.25, 0.3) is 0 Å². The fraction of sp³-hybridized carbons (Fsp3) is 0.500. The van der Waals surface area contributed by atoms with E-state index in [0.29, 0.717) is 11.2 Å². The molecule has 1 aromatic carbocycles. The number of anilines is 1. The van der Waals surface area contributed by atoms with Gasteiger partial charge in [0.1, 0.15) is 5.75 Å². The van der Waals surface area contributed by atoms with Gasteiger partial charge in [0.2, 0.25) is 0 Å². The molecule has 2 rings (SSSR count). The van der Waals surface area contributed by atoms with Gasteiger partial charge in [-0.25, -0.2) is 0 Å². The molecule has 0 aliphatic carbocycles. The van der Waals surface area contributed by atoms with Gasteiger partial charge in [0.05, 0.1) is 0 Å². The molecule has 0 saturated heterocycles. The Morgan fingerprint density at radius 3 is 2.93 bits per heavy atom. The number of rotatable bonds is 0. The standard InChI is InChI=1S/C12H17NO/c1-12(2)5-6-13-11-7-10(14)4-3-9(11)8-12/h3-4,7,13-14H,5-6,8H2,1-2H3. The predicted molar refractivity (Wildman–Crippen MR) is 58.7 cm³/mol. The van der Waals surface area contributed by atoms with Crippen LogP contribution in [0.3, 0.4) is 0 Å². The van der Waals surface area contributed by atoms with Crippen LogP contribution in [0.1, 0.15) is 25.8 Å². The second-order valence-electron chi connectivity index (χ2n) is 4.86. The zero-order valence-electron chi connectivity index (χ0n) is 8.80. The van der Waals surface area contributed by atoms with Crippen LogP contribution >= 0.6 is 0 Å². The smallest absolute Gasteiger partial charge is 0.117 e. The molecular weight excluding hydrogens is 174 g/mol. The van der Waals surface area contributed by atoms with Gasteiger partial charge >= 0.3 is 0 Å². The number of nitrogens with one attached hydrogen (secondary N) is 1. The van der Waals surface area contributed by atoms with Crippen LogP contribution in [0.4, 0.5) is 5.69 Å². The third-order valence-corrected chi connectivity index (χ3v) is 2.88. The fourth-order valence-corrected chi connectivity index (χ4v) is 2.02. The minimum absolute atomic E-state index is 0.343. The first kappa shape index (κ1) is 9.38. The van der Waals surface area contributed by atoms with Gasteiger partial charge in [0, 0.05) is 18.3 Å². The monoisotopic (exact) mass is 191 g/mol. The van der Waals surface area contributed by atoms with E-state index in [-0.39, 0.29) is 0 Å². The van der Waals surface area contributed by atoms with Crippen molar-refractivity contribution in [2.24, 2.45) is 5.41 Å². The Hall–Kier alpha value is -1.18. The third kappa shape index (κ3) is 1.84. The van der Waals surface area contributed by atoms with Crippen LogP contribution in [0.5, 0.6) is 5.75 Å². The number of aromatic hydroxyl groups is 1. The van der Waals surface area contributed by atoms with Crippen molar-refractivity contribution >= 4 is 5.69 Å². The van der Waals surface area contributed by atoms with E-state index < -0.39 is 0 Å². The van der Waals surface area contributed by atoms with Gasteiger partial charge in [0.15, 0.2) is 0 Å². The van der Waals surface area contributed by atoms with Crippen molar-refractivity contribution in [1.82, 2.24) is 0 Å². The van der Waals surface area contributed by atoms with Crippen LogP contribution < -0.4 is 5.32 Å². The first-order valence-electron chi connectivity index (χ1n) is 5.13. The van der Waals surface area contributed by atoms with Crippen molar-refractivity contribution in [2.45, 2.75) is 26.7 Å². The highest BCUT2D eigenvalue weighted by Crippen LogP contribution is 2.34. The number of hydrogen-bond donors (Lipinski definition) is 2. The molecule has 1 aromatic rings. The molecule has 0 aromatic heterocycles. The Morgan fingerprint density at radius 2 is 2.14 bits per heavy atom. The minimum Gasteiger partial charge on any atom is -0.508 e. The lowest BCUT2D eigenvalue weighted by Crippen LogP contribution is -2.15. The number of benzene rings is 1. The SMILES string of the molecule is CC1(C)CCNc2cc(O)ccc2C1. The largest absolute Gasteiger partial charge is 0.508 e. The highest BCUT2D eigenvalue weighted by Gasteiger charge is 2.22. The molecule has 14 heavy (non-hydrogen) atoms. The van der Waals surface area contributed by atoms with E-state index in [1.54, 1.807) is 6.07 Å². The van der Waals surface area contributed by atoms with Crippen LogP contribution in [0.2, 0.25) is 0 Å². The van der Waals surface area contributed by atoms with E-state index >= 15 is 0 Å². The van der Waals surface area contributed by atoms with Gasteiger partial charge in [-0.15, -0.1) is 0 Å². The van der Waals surface area contributed by atoms with E-state index in [4.69, 9.17) is 0 Å². The average Bonchev–Trinajstić information content (AvgIpc) is 2.22. The normalized spacial score (nSPS) is 19.3. The highest BCUT2D eigenvalue weighted by molar-refractivity contribution is 5.55. The van der Waals surface area contributed by atoms with Crippen LogP contribution in [-0.4, -0.2) is 11.7 Å². The molecule has 0 saturated carbocycles. The molecule has 0 unspecified atom stereocenters. The molecule has 2 heteroatoms. The van der Waals surface area contributed by atoms with Crippen molar-refractivity contribution < 1.29 is 5.11 Å². The maximum absolute atomic E-state index is 9.37. The van der Waals surface area contributed by atoms with Gasteiger partial charge in [0.25, 0.3) is 0 Å². The lowest BCUT2D eigenvalue weighted by atomic mass is 9.83. The van der Waals surface area contributed by atoms with Gasteiger partial charge in [-0.05, 0) is 29.9 Å². The predicted octanol–water partition coefficient (Wildman–Crippen LogP) is 2.78. The lowest BCUT2D eigenvalue weighted by molar-refractivity contribution is 0.348. The zero-order chi connectivity index (χ0) is 10.2. The Labute approximate surface area is 85.0 Å². The summed E-state index contributed by atoms with van der Waals surface area (Å²) in [7, 11) is 0. The van der Waals surface area contributed by atoms with E-state index in [1.807, 2.05) is 12.1 Å². The molecule has 0 radical (unpaired) electrons. The molecule has 0 fully saturated rings. The summed E-state index contributed by atoms with van der Waals surface area (Å²) in [6.07, 6.45) is 2.25. The second kappa shape index (κ2) is 3.19. The Balaban J connectivity index is 2.37. The molecule has 1 aliphatic heterocycles. The summed E-state index contributed by atoms with van der Waals surface area (Å²) in [6.45, 7) is 5.57. The molecule has 1 aliphatic rings. The summed E-state index contributed by atoms with van der Waals surface area (Å²) in [6, 6.07) is 5.60. The topological polar surface area (TPSA) is 32.3 Å². The molecular formula is C12H17NO. The van der Waals surface area contributed by atoms with E-state index in [9.17, 15) is 5.11 Å². The van der Waals surface area contributed by atoms with Crippen LogP contribution in [0, 0.1) is 5.41 Å². The van der Waals surface area contributed by atoms with Crippen molar-refractivity contribution in [2.75, 3.05) is 11.9 Å². The van der Waals surface area contributed by atoms with Gasteiger partial charge in [-0.3, -0.25) is 0 Å². The maximum Gasteiger partial charge on any atom is 0.117 e. The van der Waals surface area contributed by atoms with Gasteiger partial charge < -0.3 is 10.4 Å². The molecule has 2 nitrogen and oxygen atoms in total. The summed E-state index contributed by atoms with van der Waals surface area (Å²) in [4.78, 5) is 0. The first-order chi connectivity index (χ1) is 6.57. The van der Waals surface area contributed by atoms with Gasteiger partial charge in [-0.1, -0.05) is 19.9 Å². The average molecular weight is 191 g/mol. The number of phenolic OH excluding ortho intramolecular Hbond substituents is 1. The first-order valence-corrected chi connectivity index (χ1v) is 5.13. The number of phenols is 1. The summed E-state index contributed by atoms with van der Waals surface area (Å²) in [5.41, 5.74) is 2.76.